The number of carboxylic acid groups (broad SMARTS) is 2. The number of aromatic nitrogens is 2. The maximum atomic E-state index is 11.5. The van der Waals surface area contributed by atoms with Crippen LogP contribution < -0.4 is 40.4 Å². The summed E-state index contributed by atoms with van der Waals surface area (Å²) in [5, 5.41) is 46.1. The Bertz CT molecular complexity index is 3790. The first-order valence-electron chi connectivity index (χ1n) is 31.2. The van der Waals surface area contributed by atoms with Crippen molar-refractivity contribution in [3.05, 3.63) is 259 Å². The van der Waals surface area contributed by atoms with Crippen LogP contribution in [-0.4, -0.2) is 48.7 Å². The van der Waals surface area contributed by atoms with Gasteiger partial charge in [0, 0.05) is 49.6 Å². The van der Waals surface area contributed by atoms with Gasteiger partial charge in [0.05, 0.1) is 40.0 Å². The van der Waals surface area contributed by atoms with Crippen molar-refractivity contribution in [2.45, 2.75) is 127 Å². The second-order valence-electron chi connectivity index (χ2n) is 25.6. The van der Waals surface area contributed by atoms with E-state index in [2.05, 4.69) is 110 Å². The molecule has 2 aliphatic rings. The van der Waals surface area contributed by atoms with E-state index in [0.717, 1.165) is 129 Å². The fourth-order valence-electron chi connectivity index (χ4n) is 11.4. The first kappa shape index (κ1) is 71.8. The molecule has 0 amide bonds. The van der Waals surface area contributed by atoms with Crippen molar-refractivity contribution in [2.24, 2.45) is 16.6 Å². The van der Waals surface area contributed by atoms with Crippen molar-refractivity contribution >= 4 is 105 Å². The number of thioether (sulfide) groups is 2. The predicted molar refractivity (Wildman–Crippen MR) is 379 cm³/mol. The van der Waals surface area contributed by atoms with Gasteiger partial charge in [-0.3, -0.25) is 4.79 Å². The molecule has 472 valence electrons. The van der Waals surface area contributed by atoms with E-state index in [1.165, 1.54) is 22.3 Å². The zero-order valence-electron chi connectivity index (χ0n) is 53.6. The van der Waals surface area contributed by atoms with Crippen molar-refractivity contribution in [3.8, 4) is 0 Å². The molecule has 0 spiro atoms. The number of aliphatic hydroxyl groups is 2. The molecule has 14 heteroatoms. The van der Waals surface area contributed by atoms with Crippen molar-refractivity contribution in [1.29, 1.82) is 0 Å². The predicted octanol–water partition coefficient (Wildman–Crippen LogP) is 15.0. The van der Waals surface area contributed by atoms with Gasteiger partial charge >= 0.3 is 35.5 Å². The number of carbonyl (C=O) groups is 2. The van der Waals surface area contributed by atoms with Gasteiger partial charge in [0.1, 0.15) is 0 Å². The number of rotatable bonds is 25. The second-order valence-corrected chi connectivity index (χ2v) is 28.8. The summed E-state index contributed by atoms with van der Waals surface area (Å²) in [6, 6.07) is 61.1. The van der Waals surface area contributed by atoms with E-state index in [-0.39, 0.29) is 63.7 Å². The Hall–Kier alpha value is -6.06. The van der Waals surface area contributed by atoms with Crippen LogP contribution in [0.25, 0.3) is 46.1 Å². The van der Waals surface area contributed by atoms with Crippen LogP contribution in [-0.2, 0) is 40.2 Å². The number of aryl methyl sites for hydroxylation is 3. The molecule has 92 heavy (non-hydrogen) atoms. The number of fused-ring (bicyclic) bond motifs is 2. The molecule has 11 rings (SSSR count). The number of carboxylic acids is 2. The Balaban J connectivity index is 0.000000206. The first-order valence-corrected chi connectivity index (χ1v) is 34.1. The number of carbonyl (C=O) groups excluding carboxylic acids is 1. The topological polar surface area (TPSA) is 170 Å². The smallest absolute Gasteiger partial charge is 0.550 e. The average molecular weight is 1320 g/mol. The quantitative estimate of drug-likeness (QED) is 0.0402. The van der Waals surface area contributed by atoms with Crippen LogP contribution >= 0.6 is 46.7 Å². The molecule has 7 aromatic carbocycles. The minimum absolute atomic E-state index is 0. The van der Waals surface area contributed by atoms with Crippen LogP contribution in [0.5, 0.6) is 0 Å². The number of pyridine rings is 2. The van der Waals surface area contributed by atoms with Crippen molar-refractivity contribution in [2.75, 3.05) is 11.5 Å². The molecule has 0 saturated heterocycles. The van der Waals surface area contributed by atoms with Gasteiger partial charge in [0.15, 0.2) is 0 Å². The summed E-state index contributed by atoms with van der Waals surface area (Å²) in [6.07, 6.45) is 15.8. The van der Waals surface area contributed by atoms with Gasteiger partial charge in [-0.25, -0.2) is 9.97 Å². The van der Waals surface area contributed by atoms with E-state index in [9.17, 15) is 30.0 Å². The van der Waals surface area contributed by atoms with Crippen molar-refractivity contribution in [1.82, 2.24) is 9.97 Å². The Morgan fingerprint density at radius 1 is 0.576 bits per heavy atom. The molecule has 2 heterocycles. The average Bonchev–Trinajstić information content (AvgIpc) is 1.06. The molecule has 2 aliphatic carbocycles. The maximum Gasteiger partial charge on any atom is 1.00 e. The summed E-state index contributed by atoms with van der Waals surface area (Å²) >= 11 is 16.0. The molecule has 2 atom stereocenters. The van der Waals surface area contributed by atoms with E-state index < -0.39 is 23.1 Å². The number of nitrogens with two attached hydrogens (primary N) is 1. The fraction of sp³-hybridized carbons (Fsp3) is 0.308. The molecule has 2 saturated carbocycles. The standard InChI is InChI=1S/2C35H36ClNO3S.C8H11N.Na/c2*1-34(2,40)30-9-4-3-7-25(30)13-17-32(41-23-35(18-19-35)22-33(38)39)27-8-5-6-24(20-27)10-15-29-16-12-26-11-14-28(36)21-31(26)37-29;1-7-2-4-8(6-9)5-3-7;/h2*3-12,14-16,20-21,32,40H,13,17-19,22-23H2,1-2H3,(H,38,39);2-5H,6,9H2,1H3;/q;;;+1/p-1/b2*15-10+;;/t2*32-;;/m11../s1. The molecule has 9 aromatic rings. The maximum absolute atomic E-state index is 11.5. The number of nitrogens with zero attached hydrogens (tertiary/aromatic N) is 2. The van der Waals surface area contributed by atoms with E-state index in [4.69, 9.17) is 38.9 Å². The summed E-state index contributed by atoms with van der Waals surface area (Å²) in [5.41, 5.74) is 18.1. The molecule has 0 radical (unpaired) electrons. The normalized spacial score (nSPS) is 14.6. The molecule has 2 fully saturated rings. The molecule has 0 unspecified atom stereocenters. The number of halogens is 2. The van der Waals surface area contributed by atoms with Gasteiger partial charge in [-0.2, -0.15) is 23.5 Å². The van der Waals surface area contributed by atoms with Crippen molar-refractivity contribution in [3.63, 3.8) is 0 Å². The summed E-state index contributed by atoms with van der Waals surface area (Å²) in [7, 11) is 0. The van der Waals surface area contributed by atoms with Gasteiger partial charge in [0.2, 0.25) is 0 Å². The third-order valence-electron chi connectivity index (χ3n) is 17.0. The fourth-order valence-corrected chi connectivity index (χ4v) is 14.9. The molecule has 9 nitrogen and oxygen atoms in total. The monoisotopic (exact) mass is 1310 g/mol. The van der Waals surface area contributed by atoms with Crippen LogP contribution in [0.3, 0.4) is 0 Å². The Morgan fingerprint density at radius 2 is 1.00 bits per heavy atom. The SMILES string of the molecule is CC(C)(O)c1ccccc1CC[C@@H](SCC1(CC(=O)O)CC1)c1cccc(/C=C/c2ccc3ccc(Cl)cc3n2)c1.CC(C)(O)c1ccccc1CC[C@@H](SCC1(CC(=O)[O-])CC1)c1cccc(/C=C/c2ccc3ccc(Cl)cc3n2)c1.Cc1ccc(CN)cc1.[Na+]. The molecule has 0 bridgehead atoms. The number of aliphatic carboxylic acids is 2. The number of benzene rings is 7. The number of hydrogen-bond acceptors (Lipinski definition) is 10. The Kier molecular flexibility index (Phi) is 25.6. The molecule has 5 N–H and O–H groups in total. The molecular weight excluding hydrogens is 1230 g/mol. The van der Waals surface area contributed by atoms with Crippen LogP contribution in [0.1, 0.15) is 157 Å². The van der Waals surface area contributed by atoms with Gasteiger partial charge < -0.3 is 31.0 Å². The van der Waals surface area contributed by atoms with Crippen molar-refractivity contribution < 1.29 is 59.6 Å². The van der Waals surface area contributed by atoms with Gasteiger partial charge in [0.25, 0.3) is 0 Å². The van der Waals surface area contributed by atoms with Gasteiger partial charge in [-0.1, -0.05) is 187 Å². The first-order chi connectivity index (χ1) is 43.5. The minimum atomic E-state index is -0.963. The van der Waals surface area contributed by atoms with E-state index in [1.54, 1.807) is 0 Å². The summed E-state index contributed by atoms with van der Waals surface area (Å²) < 4.78 is 0. The summed E-state index contributed by atoms with van der Waals surface area (Å²) in [4.78, 5) is 32.3. The third-order valence-corrected chi connectivity index (χ3v) is 20.9. The van der Waals surface area contributed by atoms with Crippen LogP contribution in [0.2, 0.25) is 10.0 Å². The van der Waals surface area contributed by atoms with Crippen LogP contribution in [0.4, 0.5) is 0 Å². The Morgan fingerprint density at radius 3 is 1.40 bits per heavy atom. The van der Waals surface area contributed by atoms with Gasteiger partial charge in [-0.05, 0) is 208 Å². The summed E-state index contributed by atoms with van der Waals surface area (Å²) in [5.74, 6) is -0.0469. The second kappa shape index (κ2) is 32.9. The zero-order valence-corrected chi connectivity index (χ0v) is 58.7. The zero-order chi connectivity index (χ0) is 64.8. The van der Waals surface area contributed by atoms with E-state index in [0.29, 0.717) is 16.6 Å². The van der Waals surface area contributed by atoms with E-state index >= 15 is 0 Å². The largest absolute Gasteiger partial charge is 1.00 e. The van der Waals surface area contributed by atoms with Crippen LogP contribution in [0, 0.1) is 17.8 Å². The third kappa shape index (κ3) is 21.5. The van der Waals surface area contributed by atoms with Crippen LogP contribution in [0.15, 0.2) is 182 Å². The van der Waals surface area contributed by atoms with Gasteiger partial charge in [-0.15, -0.1) is 0 Å². The summed E-state index contributed by atoms with van der Waals surface area (Å²) in [6.45, 7) is 10.0. The minimum Gasteiger partial charge on any atom is -0.550 e. The Labute approximate surface area is 583 Å². The molecular formula is C78H82Cl2N3NaO6S2. The number of hydrogen-bond donors (Lipinski definition) is 4. The molecule has 2 aromatic heterocycles. The molecule has 0 aliphatic heterocycles. The van der Waals surface area contributed by atoms with E-state index in [1.807, 2.05) is 154 Å².